The number of aromatic nitrogens is 1. The molecular formula is C13H21N3. The largest absolute Gasteiger partial charge is 0.354 e. The van der Waals surface area contributed by atoms with Gasteiger partial charge in [-0.3, -0.25) is 0 Å². The van der Waals surface area contributed by atoms with Crippen LogP contribution in [0.1, 0.15) is 31.7 Å². The van der Waals surface area contributed by atoms with E-state index in [1.165, 1.54) is 24.8 Å². The van der Waals surface area contributed by atoms with Gasteiger partial charge in [0.15, 0.2) is 0 Å². The summed E-state index contributed by atoms with van der Waals surface area (Å²) in [6, 6.07) is 5.03. The molecule has 1 saturated carbocycles. The molecule has 0 saturated heterocycles. The summed E-state index contributed by atoms with van der Waals surface area (Å²) < 4.78 is 0. The Morgan fingerprint density at radius 3 is 2.75 bits per heavy atom. The minimum atomic E-state index is 0.697. The van der Waals surface area contributed by atoms with Crippen LogP contribution in [0.15, 0.2) is 18.3 Å². The van der Waals surface area contributed by atoms with E-state index in [1.807, 2.05) is 6.20 Å². The van der Waals surface area contributed by atoms with Gasteiger partial charge in [-0.2, -0.15) is 0 Å². The highest BCUT2D eigenvalue weighted by Crippen LogP contribution is 2.30. The molecule has 2 N–H and O–H groups in total. The molecule has 0 aromatic carbocycles. The molecule has 1 aromatic heterocycles. The third-order valence-electron chi connectivity index (χ3n) is 2.99. The van der Waals surface area contributed by atoms with Crippen LogP contribution >= 0.6 is 0 Å². The summed E-state index contributed by atoms with van der Waals surface area (Å²) in [5.41, 5.74) is 6.76. The van der Waals surface area contributed by atoms with Gasteiger partial charge in [0, 0.05) is 18.8 Å². The number of hydrogen-bond donors (Lipinski definition) is 1. The van der Waals surface area contributed by atoms with E-state index in [4.69, 9.17) is 5.73 Å². The topological polar surface area (TPSA) is 42.1 Å². The fourth-order valence-corrected chi connectivity index (χ4v) is 2.01. The average Bonchev–Trinajstić information content (AvgIpc) is 3.12. The predicted octanol–water partition coefficient (Wildman–Crippen LogP) is 1.96. The van der Waals surface area contributed by atoms with E-state index >= 15 is 0 Å². The molecule has 1 aliphatic carbocycles. The fourth-order valence-electron chi connectivity index (χ4n) is 2.01. The van der Waals surface area contributed by atoms with Gasteiger partial charge in [0.2, 0.25) is 0 Å². The highest BCUT2D eigenvalue weighted by molar-refractivity contribution is 5.42. The molecule has 88 valence electrons. The van der Waals surface area contributed by atoms with E-state index in [9.17, 15) is 0 Å². The Morgan fingerprint density at radius 2 is 2.25 bits per heavy atom. The summed E-state index contributed by atoms with van der Waals surface area (Å²) in [5, 5.41) is 0. The molecule has 0 spiro atoms. The molecule has 0 unspecified atom stereocenters. The molecule has 1 aliphatic rings. The zero-order valence-corrected chi connectivity index (χ0v) is 10.0. The van der Waals surface area contributed by atoms with Gasteiger partial charge < -0.3 is 10.6 Å². The standard InChI is InChI=1S/C13H21N3/c1-2-9-16(12-4-5-12)13-6-3-11(7-8-14)10-15-13/h3,6,10,12H,2,4-5,7-9,14H2,1H3. The van der Waals surface area contributed by atoms with Crippen molar-refractivity contribution in [3.63, 3.8) is 0 Å². The van der Waals surface area contributed by atoms with Crippen molar-refractivity contribution >= 4 is 5.82 Å². The molecule has 2 rings (SSSR count). The van der Waals surface area contributed by atoms with Crippen molar-refractivity contribution < 1.29 is 0 Å². The molecule has 0 amide bonds. The summed E-state index contributed by atoms with van der Waals surface area (Å²) in [6.07, 6.45) is 6.72. The summed E-state index contributed by atoms with van der Waals surface area (Å²) in [6.45, 7) is 4.04. The van der Waals surface area contributed by atoms with Gasteiger partial charge in [-0.25, -0.2) is 4.98 Å². The van der Waals surface area contributed by atoms with Crippen LogP contribution < -0.4 is 10.6 Å². The Balaban J connectivity index is 2.05. The second-order valence-electron chi connectivity index (χ2n) is 4.49. The summed E-state index contributed by atoms with van der Waals surface area (Å²) in [4.78, 5) is 6.98. The van der Waals surface area contributed by atoms with Gasteiger partial charge in [-0.1, -0.05) is 13.0 Å². The van der Waals surface area contributed by atoms with Crippen LogP contribution in [0.3, 0.4) is 0 Å². The van der Waals surface area contributed by atoms with Crippen molar-refractivity contribution in [2.24, 2.45) is 5.73 Å². The monoisotopic (exact) mass is 219 g/mol. The van der Waals surface area contributed by atoms with Crippen molar-refractivity contribution in [1.82, 2.24) is 4.98 Å². The molecule has 1 aromatic rings. The first-order chi connectivity index (χ1) is 7.85. The molecular weight excluding hydrogens is 198 g/mol. The van der Waals surface area contributed by atoms with Crippen LogP contribution in [0.25, 0.3) is 0 Å². The van der Waals surface area contributed by atoms with Gasteiger partial charge in [-0.15, -0.1) is 0 Å². The van der Waals surface area contributed by atoms with Gasteiger partial charge in [0.25, 0.3) is 0 Å². The molecule has 1 heterocycles. The Morgan fingerprint density at radius 1 is 1.44 bits per heavy atom. The summed E-state index contributed by atoms with van der Waals surface area (Å²) >= 11 is 0. The van der Waals surface area contributed by atoms with Crippen LogP contribution in [0.5, 0.6) is 0 Å². The van der Waals surface area contributed by atoms with Crippen LogP contribution in [0.4, 0.5) is 5.82 Å². The van der Waals surface area contributed by atoms with Crippen LogP contribution in [0.2, 0.25) is 0 Å². The lowest BCUT2D eigenvalue weighted by Gasteiger charge is -2.22. The molecule has 1 fully saturated rings. The SMILES string of the molecule is CCCN(c1ccc(CCN)cn1)C1CC1. The lowest BCUT2D eigenvalue weighted by molar-refractivity contribution is 0.749. The third kappa shape index (κ3) is 2.73. The third-order valence-corrected chi connectivity index (χ3v) is 2.99. The molecule has 0 atom stereocenters. The van der Waals surface area contributed by atoms with Gasteiger partial charge in [0.05, 0.1) is 0 Å². The molecule has 0 radical (unpaired) electrons. The first-order valence-corrected chi connectivity index (χ1v) is 6.26. The van der Waals surface area contributed by atoms with E-state index in [0.717, 1.165) is 24.8 Å². The average molecular weight is 219 g/mol. The van der Waals surface area contributed by atoms with Crippen molar-refractivity contribution in [2.75, 3.05) is 18.0 Å². The van der Waals surface area contributed by atoms with E-state index in [1.54, 1.807) is 0 Å². The Bertz CT molecular complexity index is 316. The van der Waals surface area contributed by atoms with E-state index in [2.05, 4.69) is 28.9 Å². The Hall–Kier alpha value is -1.09. The number of nitrogens with zero attached hydrogens (tertiary/aromatic N) is 2. The van der Waals surface area contributed by atoms with Gasteiger partial charge in [-0.05, 0) is 43.9 Å². The van der Waals surface area contributed by atoms with E-state index < -0.39 is 0 Å². The molecule has 16 heavy (non-hydrogen) atoms. The Labute approximate surface area is 97.7 Å². The molecule has 0 aliphatic heterocycles. The highest BCUT2D eigenvalue weighted by Gasteiger charge is 2.29. The summed E-state index contributed by atoms with van der Waals surface area (Å²) in [7, 11) is 0. The molecule has 3 heteroatoms. The molecule has 3 nitrogen and oxygen atoms in total. The fraction of sp³-hybridized carbons (Fsp3) is 0.615. The van der Waals surface area contributed by atoms with Gasteiger partial charge >= 0.3 is 0 Å². The maximum absolute atomic E-state index is 5.53. The molecule has 0 bridgehead atoms. The predicted molar refractivity (Wildman–Crippen MR) is 67.7 cm³/mol. The van der Waals surface area contributed by atoms with Crippen molar-refractivity contribution in [1.29, 1.82) is 0 Å². The van der Waals surface area contributed by atoms with Crippen molar-refractivity contribution in [2.45, 2.75) is 38.6 Å². The van der Waals surface area contributed by atoms with Crippen molar-refractivity contribution in [3.8, 4) is 0 Å². The first kappa shape index (κ1) is 11.4. The smallest absolute Gasteiger partial charge is 0.128 e. The number of anilines is 1. The minimum absolute atomic E-state index is 0.697. The minimum Gasteiger partial charge on any atom is -0.354 e. The lowest BCUT2D eigenvalue weighted by atomic mass is 10.2. The zero-order chi connectivity index (χ0) is 11.4. The number of nitrogens with two attached hydrogens (primary N) is 1. The Kier molecular flexibility index (Phi) is 3.78. The van der Waals surface area contributed by atoms with Crippen LogP contribution in [-0.4, -0.2) is 24.1 Å². The number of hydrogen-bond acceptors (Lipinski definition) is 3. The lowest BCUT2D eigenvalue weighted by Crippen LogP contribution is -2.27. The van der Waals surface area contributed by atoms with Crippen molar-refractivity contribution in [3.05, 3.63) is 23.9 Å². The summed E-state index contributed by atoms with van der Waals surface area (Å²) in [5.74, 6) is 1.13. The van der Waals surface area contributed by atoms with Crippen LogP contribution in [-0.2, 0) is 6.42 Å². The normalized spacial score (nSPS) is 15.1. The maximum atomic E-state index is 5.53. The van der Waals surface area contributed by atoms with E-state index in [0.29, 0.717) is 6.54 Å². The van der Waals surface area contributed by atoms with Crippen LogP contribution in [0, 0.1) is 0 Å². The maximum Gasteiger partial charge on any atom is 0.128 e. The number of rotatable bonds is 6. The first-order valence-electron chi connectivity index (χ1n) is 6.26. The second kappa shape index (κ2) is 5.30. The van der Waals surface area contributed by atoms with Gasteiger partial charge in [0.1, 0.15) is 5.82 Å². The number of pyridine rings is 1. The zero-order valence-electron chi connectivity index (χ0n) is 10.0. The van der Waals surface area contributed by atoms with E-state index in [-0.39, 0.29) is 0 Å². The second-order valence-corrected chi connectivity index (χ2v) is 4.49. The quantitative estimate of drug-likeness (QED) is 0.795. The highest BCUT2D eigenvalue weighted by atomic mass is 15.2.